The number of aromatic nitrogens is 2. The fourth-order valence-electron chi connectivity index (χ4n) is 3.25. The smallest absolute Gasteiger partial charge is 0.245 e. The third-order valence-corrected chi connectivity index (χ3v) is 7.21. The Labute approximate surface area is 161 Å². The van der Waals surface area contributed by atoms with Crippen LogP contribution < -0.4 is 5.32 Å². The number of amides is 1. The summed E-state index contributed by atoms with van der Waals surface area (Å²) < 4.78 is 35.7. The van der Waals surface area contributed by atoms with Gasteiger partial charge < -0.3 is 5.32 Å². The van der Waals surface area contributed by atoms with E-state index in [9.17, 15) is 13.2 Å². The van der Waals surface area contributed by atoms with E-state index in [0.717, 1.165) is 17.4 Å². The molecular weight excluding hydrogens is 384 g/mol. The first-order valence-electron chi connectivity index (χ1n) is 8.63. The SMILES string of the molecule is O=C(Nc1ccccc1)C1CCN(S(=O)(=O)c2cccc3nsnc23)CC1. The van der Waals surface area contributed by atoms with Gasteiger partial charge in [-0.2, -0.15) is 13.1 Å². The minimum atomic E-state index is -3.66. The van der Waals surface area contributed by atoms with E-state index in [1.54, 1.807) is 18.2 Å². The Balaban J connectivity index is 1.46. The van der Waals surface area contributed by atoms with Gasteiger partial charge in [0, 0.05) is 24.7 Å². The number of sulfonamides is 1. The third-order valence-electron chi connectivity index (χ3n) is 4.73. The van der Waals surface area contributed by atoms with Crippen molar-refractivity contribution in [3.63, 3.8) is 0 Å². The number of fused-ring (bicyclic) bond motifs is 1. The second kappa shape index (κ2) is 7.34. The molecular formula is C18H18N4O3S2. The van der Waals surface area contributed by atoms with Crippen LogP contribution in [0.5, 0.6) is 0 Å². The summed E-state index contributed by atoms with van der Waals surface area (Å²) in [6.07, 6.45) is 0.979. The van der Waals surface area contributed by atoms with Crippen molar-refractivity contribution < 1.29 is 13.2 Å². The van der Waals surface area contributed by atoms with Gasteiger partial charge in [-0.3, -0.25) is 4.79 Å². The zero-order valence-corrected chi connectivity index (χ0v) is 16.0. The molecule has 1 aliphatic heterocycles. The first-order chi connectivity index (χ1) is 13.1. The average molecular weight is 403 g/mol. The zero-order chi connectivity index (χ0) is 18.9. The Hall–Kier alpha value is -2.36. The summed E-state index contributed by atoms with van der Waals surface area (Å²) in [5.74, 6) is -0.266. The van der Waals surface area contributed by atoms with Crippen molar-refractivity contribution in [2.45, 2.75) is 17.7 Å². The molecule has 9 heteroatoms. The van der Waals surface area contributed by atoms with E-state index in [-0.39, 0.29) is 16.7 Å². The zero-order valence-electron chi connectivity index (χ0n) is 14.4. The van der Waals surface area contributed by atoms with Gasteiger partial charge in [0.15, 0.2) is 0 Å². The lowest BCUT2D eigenvalue weighted by Crippen LogP contribution is -2.41. The van der Waals surface area contributed by atoms with Gasteiger partial charge in [-0.05, 0) is 37.1 Å². The molecule has 0 radical (unpaired) electrons. The molecule has 0 bridgehead atoms. The fourth-order valence-corrected chi connectivity index (χ4v) is 5.47. The van der Waals surface area contributed by atoms with E-state index in [1.165, 1.54) is 4.31 Å². The Bertz CT molecular complexity index is 1060. The molecule has 7 nitrogen and oxygen atoms in total. The molecule has 2 heterocycles. The first kappa shape index (κ1) is 18.0. The average Bonchev–Trinajstić information content (AvgIpc) is 3.17. The number of carbonyl (C=O) groups is 1. The summed E-state index contributed by atoms with van der Waals surface area (Å²) in [6, 6.07) is 14.3. The number of carbonyl (C=O) groups excluding carboxylic acids is 1. The quantitative estimate of drug-likeness (QED) is 0.724. The van der Waals surface area contributed by atoms with Gasteiger partial charge in [0.2, 0.25) is 15.9 Å². The maximum absolute atomic E-state index is 13.0. The predicted molar refractivity (Wildman–Crippen MR) is 104 cm³/mol. The van der Waals surface area contributed by atoms with Crippen molar-refractivity contribution in [2.75, 3.05) is 18.4 Å². The Morgan fingerprint density at radius 3 is 2.52 bits per heavy atom. The van der Waals surface area contributed by atoms with Crippen molar-refractivity contribution in [3.8, 4) is 0 Å². The van der Waals surface area contributed by atoms with Crippen LogP contribution in [0.2, 0.25) is 0 Å². The molecule has 0 unspecified atom stereocenters. The van der Waals surface area contributed by atoms with Crippen LogP contribution in [-0.2, 0) is 14.8 Å². The molecule has 140 valence electrons. The van der Waals surface area contributed by atoms with E-state index in [2.05, 4.69) is 14.1 Å². The normalized spacial score (nSPS) is 16.4. The van der Waals surface area contributed by atoms with E-state index >= 15 is 0 Å². The minimum Gasteiger partial charge on any atom is -0.326 e. The number of nitrogens with zero attached hydrogens (tertiary/aromatic N) is 3. The molecule has 0 saturated carbocycles. The minimum absolute atomic E-state index is 0.0657. The lowest BCUT2D eigenvalue weighted by Gasteiger charge is -2.30. The van der Waals surface area contributed by atoms with Crippen LogP contribution in [0.1, 0.15) is 12.8 Å². The van der Waals surface area contributed by atoms with Crippen LogP contribution in [-0.4, -0.2) is 40.5 Å². The fraction of sp³-hybridized carbons (Fsp3) is 0.278. The summed E-state index contributed by atoms with van der Waals surface area (Å²) in [4.78, 5) is 12.6. The molecule has 1 saturated heterocycles. The highest BCUT2D eigenvalue weighted by Crippen LogP contribution is 2.28. The van der Waals surface area contributed by atoms with Crippen LogP contribution in [0.15, 0.2) is 53.4 Å². The van der Waals surface area contributed by atoms with Crippen molar-refractivity contribution >= 4 is 44.4 Å². The number of para-hydroxylation sites is 1. The van der Waals surface area contributed by atoms with Crippen LogP contribution in [0.25, 0.3) is 11.0 Å². The maximum atomic E-state index is 13.0. The maximum Gasteiger partial charge on any atom is 0.245 e. The van der Waals surface area contributed by atoms with Crippen molar-refractivity contribution in [2.24, 2.45) is 5.92 Å². The molecule has 0 spiro atoms. The van der Waals surface area contributed by atoms with Crippen molar-refractivity contribution in [1.29, 1.82) is 0 Å². The molecule has 4 rings (SSSR count). The van der Waals surface area contributed by atoms with Crippen LogP contribution in [0.3, 0.4) is 0 Å². The Morgan fingerprint density at radius 2 is 1.78 bits per heavy atom. The van der Waals surface area contributed by atoms with Crippen molar-refractivity contribution in [3.05, 3.63) is 48.5 Å². The number of benzene rings is 2. The summed E-state index contributed by atoms with van der Waals surface area (Å²) in [6.45, 7) is 0.617. The number of anilines is 1. The van der Waals surface area contributed by atoms with E-state index in [1.807, 2.05) is 30.3 Å². The first-order valence-corrected chi connectivity index (χ1v) is 10.8. The molecule has 1 fully saturated rings. The Morgan fingerprint density at radius 1 is 1.04 bits per heavy atom. The number of rotatable bonds is 4. The van der Waals surface area contributed by atoms with E-state index in [0.29, 0.717) is 37.0 Å². The van der Waals surface area contributed by atoms with E-state index in [4.69, 9.17) is 0 Å². The van der Waals surface area contributed by atoms with Gasteiger partial charge in [-0.1, -0.05) is 24.3 Å². The summed E-state index contributed by atoms with van der Waals surface area (Å²) in [5, 5.41) is 2.89. The molecule has 1 aliphatic rings. The largest absolute Gasteiger partial charge is 0.326 e. The number of hydrogen-bond donors (Lipinski definition) is 1. The third kappa shape index (κ3) is 3.58. The standard InChI is InChI=1S/C18H18N4O3S2/c23-18(19-14-5-2-1-3-6-14)13-9-11-22(12-10-13)27(24,25)16-8-4-7-15-17(16)21-26-20-15/h1-8,13H,9-12H2,(H,19,23). The molecule has 1 aromatic heterocycles. The molecule has 3 aromatic rings. The van der Waals surface area contributed by atoms with Gasteiger partial charge >= 0.3 is 0 Å². The topological polar surface area (TPSA) is 92.3 Å². The number of hydrogen-bond acceptors (Lipinski definition) is 6. The molecule has 0 aliphatic carbocycles. The summed E-state index contributed by atoms with van der Waals surface area (Å²) >= 11 is 0.999. The van der Waals surface area contributed by atoms with Crippen LogP contribution in [0.4, 0.5) is 5.69 Å². The Kier molecular flexibility index (Phi) is 4.90. The summed E-state index contributed by atoms with van der Waals surface area (Å²) in [7, 11) is -3.66. The lowest BCUT2D eigenvalue weighted by atomic mass is 9.97. The second-order valence-electron chi connectivity index (χ2n) is 6.42. The van der Waals surface area contributed by atoms with Crippen molar-refractivity contribution in [1.82, 2.24) is 13.1 Å². The monoisotopic (exact) mass is 402 g/mol. The predicted octanol–water partition coefficient (Wildman–Crippen LogP) is 2.73. The molecule has 1 amide bonds. The second-order valence-corrected chi connectivity index (χ2v) is 8.86. The molecule has 0 atom stereocenters. The van der Waals surface area contributed by atoms with Crippen LogP contribution >= 0.6 is 11.7 Å². The van der Waals surface area contributed by atoms with Gasteiger partial charge in [-0.15, -0.1) is 0 Å². The highest BCUT2D eigenvalue weighted by Gasteiger charge is 2.33. The molecule has 27 heavy (non-hydrogen) atoms. The highest BCUT2D eigenvalue weighted by molar-refractivity contribution is 7.89. The highest BCUT2D eigenvalue weighted by atomic mass is 32.2. The molecule has 2 aromatic carbocycles. The van der Waals surface area contributed by atoms with Gasteiger partial charge in [0.1, 0.15) is 15.9 Å². The number of piperidine rings is 1. The van der Waals surface area contributed by atoms with E-state index < -0.39 is 10.0 Å². The van der Waals surface area contributed by atoms with Crippen LogP contribution in [0, 0.1) is 5.92 Å². The molecule has 1 N–H and O–H groups in total. The van der Waals surface area contributed by atoms with Gasteiger partial charge in [0.25, 0.3) is 0 Å². The van der Waals surface area contributed by atoms with Gasteiger partial charge in [-0.25, -0.2) is 8.42 Å². The summed E-state index contributed by atoms with van der Waals surface area (Å²) in [5.41, 5.74) is 1.74. The van der Waals surface area contributed by atoms with Gasteiger partial charge in [0.05, 0.1) is 11.7 Å². The lowest BCUT2D eigenvalue weighted by molar-refractivity contribution is -0.120. The number of nitrogens with one attached hydrogen (secondary N) is 1.